The second-order valence-corrected chi connectivity index (χ2v) is 4.60. The van der Waals surface area contributed by atoms with Crippen LogP contribution in [0.1, 0.15) is 36.8 Å². The van der Waals surface area contributed by atoms with Gasteiger partial charge in [0.05, 0.1) is 11.6 Å². The molecule has 1 heterocycles. The number of nitriles is 1. The average Bonchev–Trinajstić information content (AvgIpc) is 2.86. The summed E-state index contributed by atoms with van der Waals surface area (Å²) in [4.78, 5) is 4.19. The molecule has 0 aliphatic carbocycles. The van der Waals surface area contributed by atoms with Gasteiger partial charge in [0, 0.05) is 6.04 Å². The van der Waals surface area contributed by atoms with Crippen LogP contribution < -0.4 is 4.74 Å². The minimum absolute atomic E-state index is 0.243. The first kappa shape index (κ1) is 13.1. The first-order chi connectivity index (χ1) is 9.11. The molecule has 0 aliphatic rings. The maximum Gasteiger partial charge on any atom is 0.165 e. The summed E-state index contributed by atoms with van der Waals surface area (Å²) in [6, 6.07) is 7.74. The number of ether oxygens (including phenoxy) is 1. The van der Waals surface area contributed by atoms with E-state index < -0.39 is 0 Å². The van der Waals surface area contributed by atoms with Crippen LogP contribution >= 0.6 is 0 Å². The van der Waals surface area contributed by atoms with Crippen molar-refractivity contribution in [1.82, 2.24) is 14.8 Å². The van der Waals surface area contributed by atoms with Gasteiger partial charge in [-0.3, -0.25) is 0 Å². The molecule has 0 spiro atoms. The Balaban J connectivity index is 2.15. The molecular weight excluding hydrogens is 240 g/mol. The van der Waals surface area contributed by atoms with Crippen LogP contribution in [0.2, 0.25) is 0 Å². The third kappa shape index (κ3) is 2.91. The SMILES string of the molecule is Cc1ccc(C#N)cc1OCc1ncnn1C(C)C. The van der Waals surface area contributed by atoms with Crippen LogP contribution in [-0.2, 0) is 6.61 Å². The van der Waals surface area contributed by atoms with E-state index in [1.165, 1.54) is 6.33 Å². The Morgan fingerprint density at radius 3 is 2.89 bits per heavy atom. The van der Waals surface area contributed by atoms with Crippen LogP contribution in [0.25, 0.3) is 0 Å². The van der Waals surface area contributed by atoms with Crippen LogP contribution in [0, 0.1) is 18.3 Å². The normalized spacial score (nSPS) is 10.5. The van der Waals surface area contributed by atoms with Crippen LogP contribution in [0.4, 0.5) is 0 Å². The summed E-state index contributed by atoms with van der Waals surface area (Å²) in [6.45, 7) is 6.37. The summed E-state index contributed by atoms with van der Waals surface area (Å²) in [5, 5.41) is 13.0. The number of hydrogen-bond donors (Lipinski definition) is 0. The second kappa shape index (κ2) is 5.53. The fourth-order valence-electron chi connectivity index (χ4n) is 1.78. The fraction of sp³-hybridized carbons (Fsp3) is 0.357. The number of nitrogens with zero attached hydrogens (tertiary/aromatic N) is 4. The first-order valence-electron chi connectivity index (χ1n) is 6.13. The molecule has 2 aromatic rings. The highest BCUT2D eigenvalue weighted by atomic mass is 16.5. The van der Waals surface area contributed by atoms with Gasteiger partial charge < -0.3 is 4.74 Å². The highest BCUT2D eigenvalue weighted by Crippen LogP contribution is 2.20. The van der Waals surface area contributed by atoms with Gasteiger partial charge in [-0.25, -0.2) is 9.67 Å². The largest absolute Gasteiger partial charge is 0.485 e. The van der Waals surface area contributed by atoms with Crippen LogP contribution in [-0.4, -0.2) is 14.8 Å². The van der Waals surface area contributed by atoms with Crippen LogP contribution in [0.5, 0.6) is 5.75 Å². The van der Waals surface area contributed by atoms with Crippen LogP contribution in [0.15, 0.2) is 24.5 Å². The standard InChI is InChI=1S/C14H16N4O/c1-10(2)18-14(16-9-17-18)8-19-13-6-12(7-15)5-4-11(13)3/h4-6,9-10H,8H2,1-3H3. The second-order valence-electron chi connectivity index (χ2n) is 4.60. The molecule has 2 rings (SSSR count). The van der Waals surface area contributed by atoms with Gasteiger partial charge in [0.2, 0.25) is 0 Å². The molecule has 0 amide bonds. The predicted molar refractivity (Wildman–Crippen MR) is 70.6 cm³/mol. The van der Waals surface area contributed by atoms with Crippen molar-refractivity contribution in [2.24, 2.45) is 0 Å². The van der Waals surface area contributed by atoms with E-state index >= 15 is 0 Å². The van der Waals surface area contributed by atoms with Crippen molar-refractivity contribution in [2.75, 3.05) is 0 Å². The lowest BCUT2D eigenvalue weighted by Crippen LogP contribution is -2.11. The molecule has 0 saturated heterocycles. The van der Waals surface area contributed by atoms with Crippen molar-refractivity contribution in [3.05, 3.63) is 41.5 Å². The fourth-order valence-corrected chi connectivity index (χ4v) is 1.78. The monoisotopic (exact) mass is 256 g/mol. The summed E-state index contributed by atoms with van der Waals surface area (Å²) in [5.74, 6) is 1.48. The van der Waals surface area contributed by atoms with E-state index in [0.717, 1.165) is 11.4 Å². The maximum atomic E-state index is 8.89. The summed E-state index contributed by atoms with van der Waals surface area (Å²) in [6.07, 6.45) is 1.53. The zero-order valence-electron chi connectivity index (χ0n) is 11.3. The summed E-state index contributed by atoms with van der Waals surface area (Å²) >= 11 is 0. The predicted octanol–water partition coefficient (Wildman–Crippen LogP) is 2.62. The Kier molecular flexibility index (Phi) is 3.81. The molecule has 0 atom stereocenters. The van der Waals surface area contributed by atoms with Crippen molar-refractivity contribution < 1.29 is 4.74 Å². The zero-order valence-corrected chi connectivity index (χ0v) is 11.3. The molecule has 5 nitrogen and oxygen atoms in total. The van der Waals surface area contributed by atoms with E-state index in [4.69, 9.17) is 10.00 Å². The van der Waals surface area contributed by atoms with Crippen LogP contribution in [0.3, 0.4) is 0 Å². The van der Waals surface area contributed by atoms with E-state index in [1.807, 2.05) is 31.5 Å². The van der Waals surface area contributed by atoms with E-state index in [-0.39, 0.29) is 6.04 Å². The summed E-state index contributed by atoms with van der Waals surface area (Å²) in [5.41, 5.74) is 1.58. The summed E-state index contributed by atoms with van der Waals surface area (Å²) in [7, 11) is 0. The minimum Gasteiger partial charge on any atom is -0.485 e. The molecule has 0 saturated carbocycles. The molecule has 0 bridgehead atoms. The van der Waals surface area contributed by atoms with E-state index in [1.54, 1.807) is 12.1 Å². The molecule has 5 heteroatoms. The van der Waals surface area contributed by atoms with Crippen molar-refractivity contribution in [3.8, 4) is 11.8 Å². The van der Waals surface area contributed by atoms with Gasteiger partial charge in [-0.1, -0.05) is 6.07 Å². The molecule has 0 unspecified atom stereocenters. The van der Waals surface area contributed by atoms with Gasteiger partial charge in [-0.2, -0.15) is 10.4 Å². The molecule has 1 aromatic carbocycles. The zero-order chi connectivity index (χ0) is 13.8. The van der Waals surface area contributed by atoms with E-state index in [0.29, 0.717) is 17.9 Å². The Morgan fingerprint density at radius 2 is 2.21 bits per heavy atom. The number of aryl methyl sites for hydroxylation is 1. The molecule has 0 fully saturated rings. The van der Waals surface area contributed by atoms with Gasteiger partial charge >= 0.3 is 0 Å². The molecular formula is C14H16N4O. The Hall–Kier alpha value is -2.35. The molecule has 98 valence electrons. The van der Waals surface area contributed by atoms with Crippen molar-refractivity contribution in [3.63, 3.8) is 0 Å². The Morgan fingerprint density at radius 1 is 1.42 bits per heavy atom. The smallest absolute Gasteiger partial charge is 0.165 e. The topological polar surface area (TPSA) is 63.7 Å². The van der Waals surface area contributed by atoms with E-state index in [2.05, 4.69) is 16.2 Å². The first-order valence-corrected chi connectivity index (χ1v) is 6.13. The molecule has 0 N–H and O–H groups in total. The lowest BCUT2D eigenvalue weighted by Gasteiger charge is -2.12. The van der Waals surface area contributed by atoms with Crippen molar-refractivity contribution in [1.29, 1.82) is 5.26 Å². The Bertz CT molecular complexity index is 610. The third-order valence-electron chi connectivity index (χ3n) is 2.81. The van der Waals surface area contributed by atoms with Gasteiger partial charge in [0.1, 0.15) is 18.7 Å². The molecule has 0 aliphatic heterocycles. The molecule has 0 radical (unpaired) electrons. The number of aromatic nitrogens is 3. The van der Waals surface area contributed by atoms with Gasteiger partial charge in [0.25, 0.3) is 0 Å². The molecule has 1 aromatic heterocycles. The lowest BCUT2D eigenvalue weighted by molar-refractivity contribution is 0.280. The maximum absolute atomic E-state index is 8.89. The average molecular weight is 256 g/mol. The van der Waals surface area contributed by atoms with Gasteiger partial charge in [0.15, 0.2) is 5.82 Å². The number of rotatable bonds is 4. The number of benzene rings is 1. The Labute approximate surface area is 112 Å². The highest BCUT2D eigenvalue weighted by molar-refractivity contribution is 5.41. The third-order valence-corrected chi connectivity index (χ3v) is 2.81. The van der Waals surface area contributed by atoms with Gasteiger partial charge in [-0.05, 0) is 38.5 Å². The lowest BCUT2D eigenvalue weighted by atomic mass is 10.1. The van der Waals surface area contributed by atoms with Gasteiger partial charge in [-0.15, -0.1) is 0 Å². The van der Waals surface area contributed by atoms with Crippen molar-refractivity contribution in [2.45, 2.75) is 33.4 Å². The molecule has 19 heavy (non-hydrogen) atoms. The highest BCUT2D eigenvalue weighted by Gasteiger charge is 2.09. The summed E-state index contributed by atoms with van der Waals surface area (Å²) < 4.78 is 7.56. The van der Waals surface area contributed by atoms with Crippen molar-refractivity contribution >= 4 is 0 Å². The van der Waals surface area contributed by atoms with E-state index in [9.17, 15) is 0 Å². The quantitative estimate of drug-likeness (QED) is 0.843. The minimum atomic E-state index is 0.243. The number of hydrogen-bond acceptors (Lipinski definition) is 4.